The first-order valence-electron chi connectivity index (χ1n) is 8.52. The van der Waals surface area contributed by atoms with Crippen LogP contribution in [0.1, 0.15) is 41.1 Å². The number of piperidine rings is 1. The average Bonchev–Trinajstić information content (AvgIpc) is 3.21. The van der Waals surface area contributed by atoms with E-state index in [0.717, 1.165) is 18.7 Å². The number of aryl methyl sites for hydroxylation is 1. The Morgan fingerprint density at radius 3 is 3.00 bits per heavy atom. The largest absolute Gasteiger partial charge is 0.365 e. The number of aromatic amines is 1. The number of aromatic nitrogens is 4. The lowest BCUT2D eigenvalue weighted by Gasteiger charge is -2.34. The Labute approximate surface area is 144 Å². The summed E-state index contributed by atoms with van der Waals surface area (Å²) in [6.07, 6.45) is 1.64. The van der Waals surface area contributed by atoms with Crippen molar-refractivity contribution in [1.29, 1.82) is 0 Å². The maximum atomic E-state index is 12.8. The summed E-state index contributed by atoms with van der Waals surface area (Å²) in [4.78, 5) is 30.7. The monoisotopic (exact) mass is 343 g/mol. The molecule has 3 atom stereocenters. The van der Waals surface area contributed by atoms with Gasteiger partial charge in [-0.15, -0.1) is 0 Å². The maximum Gasteiger partial charge on any atom is 0.270 e. The van der Waals surface area contributed by atoms with E-state index >= 15 is 0 Å². The highest BCUT2D eigenvalue weighted by molar-refractivity contribution is 5.92. The van der Waals surface area contributed by atoms with Gasteiger partial charge < -0.3 is 14.2 Å². The second-order valence-corrected chi connectivity index (χ2v) is 6.79. The van der Waals surface area contributed by atoms with Gasteiger partial charge in [0.2, 0.25) is 0 Å². The first kappa shape index (κ1) is 16.0. The van der Waals surface area contributed by atoms with Crippen molar-refractivity contribution in [2.45, 2.75) is 32.0 Å². The van der Waals surface area contributed by atoms with Gasteiger partial charge in [0.15, 0.2) is 5.82 Å². The number of nitrogens with one attached hydrogen (secondary N) is 1. The highest BCUT2D eigenvalue weighted by Gasteiger charge is 2.42. The van der Waals surface area contributed by atoms with Crippen molar-refractivity contribution in [3.8, 4) is 0 Å². The van der Waals surface area contributed by atoms with Crippen LogP contribution in [0.5, 0.6) is 0 Å². The molecule has 2 aliphatic rings. The highest BCUT2D eigenvalue weighted by Crippen LogP contribution is 2.40. The minimum absolute atomic E-state index is 0.0118. The van der Waals surface area contributed by atoms with Gasteiger partial charge in [-0.3, -0.25) is 14.7 Å². The van der Waals surface area contributed by atoms with E-state index in [9.17, 15) is 9.59 Å². The summed E-state index contributed by atoms with van der Waals surface area (Å²) in [5, 5.41) is 7.05. The Morgan fingerprint density at radius 1 is 1.40 bits per heavy atom. The number of amides is 1. The molecule has 4 heterocycles. The van der Waals surface area contributed by atoms with Crippen LogP contribution in [0.25, 0.3) is 0 Å². The van der Waals surface area contributed by atoms with Crippen LogP contribution in [0.4, 0.5) is 0 Å². The minimum atomic E-state index is -0.183. The molecule has 0 aromatic carbocycles. The Morgan fingerprint density at radius 2 is 2.24 bits per heavy atom. The summed E-state index contributed by atoms with van der Waals surface area (Å²) in [5.74, 6) is 1.75. The van der Waals surface area contributed by atoms with E-state index in [0.29, 0.717) is 30.5 Å². The van der Waals surface area contributed by atoms with Crippen molar-refractivity contribution in [3.05, 3.63) is 45.9 Å². The van der Waals surface area contributed by atoms with Gasteiger partial charge in [-0.25, -0.2) is 4.98 Å². The predicted octanol–water partition coefficient (Wildman–Crippen LogP) is 0.804. The predicted molar refractivity (Wildman–Crippen MR) is 89.0 cm³/mol. The van der Waals surface area contributed by atoms with E-state index in [1.807, 2.05) is 6.92 Å². The smallest absolute Gasteiger partial charge is 0.270 e. The number of hydrogen-bond acceptors (Lipinski definition) is 5. The molecule has 2 fully saturated rings. The van der Waals surface area contributed by atoms with Crippen LogP contribution in [0.3, 0.4) is 0 Å². The topological polar surface area (TPSA) is 93.1 Å². The van der Waals surface area contributed by atoms with E-state index < -0.39 is 0 Å². The second-order valence-electron chi connectivity index (χ2n) is 6.79. The van der Waals surface area contributed by atoms with Gasteiger partial charge in [-0.1, -0.05) is 6.07 Å². The van der Waals surface area contributed by atoms with Crippen LogP contribution in [0.2, 0.25) is 0 Å². The molecule has 2 aromatic heterocycles. The van der Waals surface area contributed by atoms with Crippen LogP contribution < -0.4 is 5.56 Å². The third-order valence-corrected chi connectivity index (χ3v) is 5.15. The lowest BCUT2D eigenvalue weighted by atomic mass is 9.91. The molecule has 0 radical (unpaired) electrons. The number of rotatable bonds is 2. The number of carbonyl (C=O) groups excluding carboxylic acids is 1. The lowest BCUT2D eigenvalue weighted by molar-refractivity contribution is -0.00711. The first-order valence-corrected chi connectivity index (χ1v) is 8.52. The molecule has 4 rings (SSSR count). The van der Waals surface area contributed by atoms with Crippen LogP contribution >= 0.6 is 0 Å². The van der Waals surface area contributed by atoms with Crippen LogP contribution in [-0.4, -0.2) is 49.7 Å². The standard InChI is InChI=1S/C17H21N5O3/c1-10-18-16(20-19-10)13-8-11-6-7-22(9-14(11)25-13)17(24)12-4-3-5-15(23)21(12)2/h3-5,11,13-14H,6-9H2,1-2H3,(H,18,19,20)/t11?,13-,14-/m1/s1. The quantitative estimate of drug-likeness (QED) is 0.871. The number of likely N-dealkylation sites (tertiary alicyclic amines) is 1. The van der Waals surface area contributed by atoms with E-state index in [-0.39, 0.29) is 23.7 Å². The number of hydrogen-bond donors (Lipinski definition) is 1. The molecule has 0 saturated carbocycles. The molecule has 1 amide bonds. The summed E-state index contributed by atoms with van der Waals surface area (Å²) in [5.41, 5.74) is 0.225. The summed E-state index contributed by atoms with van der Waals surface area (Å²) in [7, 11) is 1.62. The van der Waals surface area contributed by atoms with E-state index in [1.165, 1.54) is 10.6 Å². The SMILES string of the molecule is Cc1nc([C@H]2CC3CCN(C(=O)c4cccc(=O)n4C)C[C@H]3O2)n[nH]1. The van der Waals surface area contributed by atoms with Crippen LogP contribution in [0, 0.1) is 12.8 Å². The van der Waals surface area contributed by atoms with Gasteiger partial charge in [-0.2, -0.15) is 5.10 Å². The lowest BCUT2D eigenvalue weighted by Crippen LogP contribution is -2.46. The molecule has 0 aliphatic carbocycles. The molecule has 1 unspecified atom stereocenters. The third kappa shape index (κ3) is 2.86. The molecule has 2 aromatic rings. The van der Waals surface area contributed by atoms with Crippen molar-refractivity contribution < 1.29 is 9.53 Å². The van der Waals surface area contributed by atoms with Crippen LogP contribution in [0.15, 0.2) is 23.0 Å². The Kier molecular flexibility index (Phi) is 3.91. The number of fused-ring (bicyclic) bond motifs is 1. The number of nitrogens with zero attached hydrogens (tertiary/aromatic N) is 4. The Hall–Kier alpha value is -2.48. The van der Waals surface area contributed by atoms with Gasteiger partial charge in [0.05, 0.1) is 6.10 Å². The van der Waals surface area contributed by atoms with Crippen molar-refractivity contribution >= 4 is 5.91 Å². The molecular weight excluding hydrogens is 322 g/mol. The molecule has 0 spiro atoms. The molecule has 8 heteroatoms. The number of carbonyl (C=O) groups is 1. The zero-order valence-corrected chi connectivity index (χ0v) is 14.3. The molecule has 2 aliphatic heterocycles. The van der Waals surface area contributed by atoms with Crippen LogP contribution in [-0.2, 0) is 11.8 Å². The van der Waals surface area contributed by atoms with Crippen molar-refractivity contribution in [3.63, 3.8) is 0 Å². The summed E-state index contributed by atoms with van der Waals surface area (Å²) in [6, 6.07) is 4.76. The zero-order valence-electron chi connectivity index (χ0n) is 14.3. The van der Waals surface area contributed by atoms with Crippen molar-refractivity contribution in [1.82, 2.24) is 24.6 Å². The Bertz CT molecular complexity index is 858. The fourth-order valence-corrected chi connectivity index (χ4v) is 3.73. The second kappa shape index (κ2) is 6.11. The summed E-state index contributed by atoms with van der Waals surface area (Å²) in [6.45, 7) is 3.07. The normalized spacial score (nSPS) is 25.8. The van der Waals surface area contributed by atoms with Gasteiger partial charge in [0, 0.05) is 26.2 Å². The average molecular weight is 343 g/mol. The Balaban J connectivity index is 1.48. The highest BCUT2D eigenvalue weighted by atomic mass is 16.5. The molecule has 0 bridgehead atoms. The molecule has 132 valence electrons. The molecule has 1 N–H and O–H groups in total. The number of ether oxygens (including phenoxy) is 1. The van der Waals surface area contributed by atoms with Gasteiger partial charge in [0.25, 0.3) is 11.5 Å². The molecular formula is C17H21N5O3. The zero-order chi connectivity index (χ0) is 17.6. The van der Waals surface area contributed by atoms with Crippen molar-refractivity contribution in [2.24, 2.45) is 13.0 Å². The molecule has 2 saturated heterocycles. The maximum absolute atomic E-state index is 12.8. The molecule has 8 nitrogen and oxygen atoms in total. The molecule has 25 heavy (non-hydrogen) atoms. The summed E-state index contributed by atoms with van der Waals surface area (Å²) >= 11 is 0. The fraction of sp³-hybridized carbons (Fsp3) is 0.529. The van der Waals surface area contributed by atoms with Gasteiger partial charge in [-0.05, 0) is 31.7 Å². The van der Waals surface area contributed by atoms with E-state index in [1.54, 1.807) is 24.1 Å². The first-order chi connectivity index (χ1) is 12.0. The van der Waals surface area contributed by atoms with E-state index in [4.69, 9.17) is 4.74 Å². The van der Waals surface area contributed by atoms with E-state index in [2.05, 4.69) is 15.2 Å². The minimum Gasteiger partial charge on any atom is -0.365 e. The van der Waals surface area contributed by atoms with Gasteiger partial charge >= 0.3 is 0 Å². The van der Waals surface area contributed by atoms with Crippen molar-refractivity contribution in [2.75, 3.05) is 13.1 Å². The summed E-state index contributed by atoms with van der Waals surface area (Å²) < 4.78 is 7.52. The number of pyridine rings is 1. The fourth-order valence-electron chi connectivity index (χ4n) is 3.73. The third-order valence-electron chi connectivity index (χ3n) is 5.15. The number of H-pyrrole nitrogens is 1. The van der Waals surface area contributed by atoms with Gasteiger partial charge in [0.1, 0.15) is 17.6 Å².